The van der Waals surface area contributed by atoms with Crippen LogP contribution in [0.15, 0.2) is 53.9 Å². The Morgan fingerprint density at radius 1 is 1.14 bits per heavy atom. The van der Waals surface area contributed by atoms with Crippen molar-refractivity contribution >= 4 is 28.2 Å². The number of hydrogen-bond donors (Lipinski definition) is 2. The van der Waals surface area contributed by atoms with Crippen molar-refractivity contribution in [3.63, 3.8) is 0 Å². The van der Waals surface area contributed by atoms with Crippen LogP contribution in [0, 0.1) is 0 Å². The second-order valence-electron chi connectivity index (χ2n) is 7.13. The van der Waals surface area contributed by atoms with Gasteiger partial charge in [0.15, 0.2) is 0 Å². The molecule has 6 nitrogen and oxygen atoms in total. The SMILES string of the molecule is CCOC(=O)C1=C(C)Nc2[nH]ncc2C1c1ccc(N(C)C)c2ccccc12. The van der Waals surface area contributed by atoms with Gasteiger partial charge < -0.3 is 15.0 Å². The summed E-state index contributed by atoms with van der Waals surface area (Å²) in [4.78, 5) is 15.0. The fraction of sp³-hybridized carbons (Fsp3) is 0.273. The predicted molar refractivity (Wildman–Crippen MR) is 112 cm³/mol. The van der Waals surface area contributed by atoms with E-state index in [1.807, 2.05) is 40.1 Å². The third kappa shape index (κ3) is 2.81. The van der Waals surface area contributed by atoms with E-state index < -0.39 is 0 Å². The number of benzene rings is 2. The number of nitrogens with zero attached hydrogens (tertiary/aromatic N) is 2. The summed E-state index contributed by atoms with van der Waals surface area (Å²) in [6.45, 7) is 4.06. The molecular weight excluding hydrogens is 352 g/mol. The number of ether oxygens (including phenoxy) is 1. The number of aromatic amines is 1. The van der Waals surface area contributed by atoms with Crippen molar-refractivity contribution in [2.75, 3.05) is 30.9 Å². The summed E-state index contributed by atoms with van der Waals surface area (Å²) >= 11 is 0. The van der Waals surface area contributed by atoms with Gasteiger partial charge >= 0.3 is 5.97 Å². The lowest BCUT2D eigenvalue weighted by Gasteiger charge is -2.29. The maximum absolute atomic E-state index is 12.9. The molecule has 1 aromatic heterocycles. The monoisotopic (exact) mass is 376 g/mol. The van der Waals surface area contributed by atoms with Gasteiger partial charge in [0.1, 0.15) is 5.82 Å². The van der Waals surface area contributed by atoms with Crippen LogP contribution in [0.4, 0.5) is 11.5 Å². The summed E-state index contributed by atoms with van der Waals surface area (Å²) in [7, 11) is 4.07. The lowest BCUT2D eigenvalue weighted by Crippen LogP contribution is -2.24. The minimum atomic E-state index is -0.301. The predicted octanol–water partition coefficient (Wildman–Crippen LogP) is 4.02. The number of carbonyl (C=O) groups excluding carboxylic acids is 1. The quantitative estimate of drug-likeness (QED) is 0.673. The molecule has 0 fully saturated rings. The van der Waals surface area contributed by atoms with E-state index in [2.05, 4.69) is 44.7 Å². The van der Waals surface area contributed by atoms with Gasteiger partial charge in [-0.15, -0.1) is 0 Å². The second-order valence-corrected chi connectivity index (χ2v) is 7.13. The molecular formula is C22H24N4O2. The minimum Gasteiger partial charge on any atom is -0.463 e. The smallest absolute Gasteiger partial charge is 0.336 e. The Kier molecular flexibility index (Phi) is 4.55. The van der Waals surface area contributed by atoms with Gasteiger partial charge in [0.25, 0.3) is 0 Å². The fourth-order valence-electron chi connectivity index (χ4n) is 3.99. The average molecular weight is 376 g/mol. The normalized spacial score (nSPS) is 15.9. The number of esters is 1. The first-order valence-electron chi connectivity index (χ1n) is 9.40. The summed E-state index contributed by atoms with van der Waals surface area (Å²) in [5, 5.41) is 12.7. The largest absolute Gasteiger partial charge is 0.463 e. The Labute approximate surface area is 164 Å². The number of hydrogen-bond acceptors (Lipinski definition) is 5. The molecule has 0 saturated heterocycles. The molecule has 0 aliphatic carbocycles. The highest BCUT2D eigenvalue weighted by atomic mass is 16.5. The molecule has 144 valence electrons. The zero-order valence-electron chi connectivity index (χ0n) is 16.5. The van der Waals surface area contributed by atoms with Crippen LogP contribution in [0.2, 0.25) is 0 Å². The molecule has 0 bridgehead atoms. The second kappa shape index (κ2) is 7.03. The maximum Gasteiger partial charge on any atom is 0.336 e. The molecule has 1 aliphatic heterocycles. The number of aromatic nitrogens is 2. The van der Waals surface area contributed by atoms with Crippen LogP contribution in [0.25, 0.3) is 10.8 Å². The number of rotatable bonds is 4. The third-order valence-electron chi connectivity index (χ3n) is 5.21. The Balaban J connectivity index is 1.99. The van der Waals surface area contributed by atoms with Crippen LogP contribution in [-0.2, 0) is 9.53 Å². The molecule has 0 radical (unpaired) electrons. The number of fused-ring (bicyclic) bond motifs is 2. The fourth-order valence-corrected chi connectivity index (χ4v) is 3.99. The summed E-state index contributed by atoms with van der Waals surface area (Å²) in [5.74, 6) is 0.261. The number of carbonyl (C=O) groups is 1. The summed E-state index contributed by atoms with van der Waals surface area (Å²) in [6.07, 6.45) is 1.79. The van der Waals surface area contributed by atoms with E-state index in [0.29, 0.717) is 12.2 Å². The van der Waals surface area contributed by atoms with Gasteiger partial charge in [-0.1, -0.05) is 30.3 Å². The van der Waals surface area contributed by atoms with Crippen molar-refractivity contribution < 1.29 is 9.53 Å². The standard InChI is InChI=1S/C22H24N4O2/c1-5-28-22(27)19-13(2)24-21-17(12-23-25-21)20(19)16-10-11-18(26(3)4)15-9-7-6-8-14(15)16/h6-12,20H,5H2,1-4H3,(H2,23,24,25). The summed E-state index contributed by atoms with van der Waals surface area (Å²) in [6, 6.07) is 12.5. The van der Waals surface area contributed by atoms with E-state index >= 15 is 0 Å². The van der Waals surface area contributed by atoms with Crippen LogP contribution in [0.3, 0.4) is 0 Å². The highest BCUT2D eigenvalue weighted by molar-refractivity contribution is 6.00. The molecule has 1 unspecified atom stereocenters. The highest BCUT2D eigenvalue weighted by Crippen LogP contribution is 2.44. The van der Waals surface area contributed by atoms with Gasteiger partial charge in [0, 0.05) is 42.3 Å². The molecule has 1 aliphatic rings. The maximum atomic E-state index is 12.9. The van der Waals surface area contributed by atoms with Crippen LogP contribution >= 0.6 is 0 Å². The molecule has 0 saturated carbocycles. The molecule has 2 N–H and O–H groups in total. The molecule has 4 rings (SSSR count). The Bertz CT molecular complexity index is 1080. The summed E-state index contributed by atoms with van der Waals surface area (Å²) in [5.41, 5.74) is 4.54. The van der Waals surface area contributed by atoms with Gasteiger partial charge in [-0.05, 0) is 30.9 Å². The Hall–Kier alpha value is -3.28. The number of nitrogens with one attached hydrogen (secondary N) is 2. The molecule has 2 aromatic carbocycles. The topological polar surface area (TPSA) is 70.2 Å². The van der Waals surface area contributed by atoms with Gasteiger partial charge in [0.2, 0.25) is 0 Å². The minimum absolute atomic E-state index is 0.254. The average Bonchev–Trinajstić information content (AvgIpc) is 3.14. The van der Waals surface area contributed by atoms with Crippen molar-refractivity contribution in [3.05, 3.63) is 65.0 Å². The van der Waals surface area contributed by atoms with E-state index in [4.69, 9.17) is 4.74 Å². The summed E-state index contributed by atoms with van der Waals surface area (Å²) < 4.78 is 5.39. The molecule has 0 amide bonds. The lowest BCUT2D eigenvalue weighted by molar-refractivity contribution is -0.138. The van der Waals surface area contributed by atoms with E-state index in [0.717, 1.165) is 39.1 Å². The van der Waals surface area contributed by atoms with Gasteiger partial charge in [-0.3, -0.25) is 5.10 Å². The van der Waals surface area contributed by atoms with Crippen LogP contribution in [0.1, 0.15) is 30.9 Å². The number of anilines is 2. The number of allylic oxidation sites excluding steroid dienone is 1. The lowest BCUT2D eigenvalue weighted by atomic mass is 9.80. The molecule has 3 aromatic rings. The van der Waals surface area contributed by atoms with Crippen molar-refractivity contribution in [2.24, 2.45) is 0 Å². The molecule has 2 heterocycles. The molecule has 0 spiro atoms. The van der Waals surface area contributed by atoms with E-state index in [-0.39, 0.29) is 11.9 Å². The Morgan fingerprint density at radius 3 is 2.61 bits per heavy atom. The molecule has 6 heteroatoms. The number of H-pyrrole nitrogens is 1. The van der Waals surface area contributed by atoms with Gasteiger partial charge in [-0.25, -0.2) is 4.79 Å². The first-order valence-corrected chi connectivity index (χ1v) is 9.40. The van der Waals surface area contributed by atoms with Crippen molar-refractivity contribution in [2.45, 2.75) is 19.8 Å². The molecule has 28 heavy (non-hydrogen) atoms. The van der Waals surface area contributed by atoms with Crippen molar-refractivity contribution in [1.29, 1.82) is 0 Å². The van der Waals surface area contributed by atoms with Crippen LogP contribution < -0.4 is 10.2 Å². The van der Waals surface area contributed by atoms with E-state index in [9.17, 15) is 4.79 Å². The Morgan fingerprint density at radius 2 is 1.89 bits per heavy atom. The molecule has 1 atom stereocenters. The van der Waals surface area contributed by atoms with E-state index in [1.165, 1.54) is 0 Å². The first kappa shape index (κ1) is 18.1. The van der Waals surface area contributed by atoms with Crippen LogP contribution in [0.5, 0.6) is 0 Å². The zero-order valence-corrected chi connectivity index (χ0v) is 16.5. The van der Waals surface area contributed by atoms with Gasteiger partial charge in [-0.2, -0.15) is 5.10 Å². The van der Waals surface area contributed by atoms with E-state index in [1.54, 1.807) is 6.20 Å². The van der Waals surface area contributed by atoms with Crippen molar-refractivity contribution in [1.82, 2.24) is 10.2 Å². The highest BCUT2D eigenvalue weighted by Gasteiger charge is 2.35. The van der Waals surface area contributed by atoms with Crippen LogP contribution in [-0.4, -0.2) is 36.9 Å². The first-order chi connectivity index (χ1) is 13.5. The zero-order chi connectivity index (χ0) is 19.8. The van der Waals surface area contributed by atoms with Gasteiger partial charge in [0.05, 0.1) is 18.4 Å². The van der Waals surface area contributed by atoms with Crippen molar-refractivity contribution in [3.8, 4) is 0 Å². The third-order valence-corrected chi connectivity index (χ3v) is 5.21.